The zero-order valence-corrected chi connectivity index (χ0v) is 11.9. The molecule has 0 amide bonds. The lowest BCUT2D eigenvalue weighted by Gasteiger charge is -2.40. The Kier molecular flexibility index (Phi) is 4.12. The van der Waals surface area contributed by atoms with Crippen LogP contribution in [0.4, 0.5) is 5.69 Å². The van der Waals surface area contributed by atoms with Gasteiger partial charge in [-0.1, -0.05) is 13.0 Å². The van der Waals surface area contributed by atoms with Crippen LogP contribution in [0.25, 0.3) is 0 Å². The smallest absolute Gasteiger partial charge is 0.142 e. The van der Waals surface area contributed by atoms with Crippen LogP contribution in [0.5, 0.6) is 5.75 Å². The van der Waals surface area contributed by atoms with Crippen LogP contribution >= 0.6 is 0 Å². The third-order valence-electron chi connectivity index (χ3n) is 3.79. The first-order valence-electron chi connectivity index (χ1n) is 6.80. The van der Waals surface area contributed by atoms with Crippen molar-refractivity contribution in [1.29, 1.82) is 0 Å². The van der Waals surface area contributed by atoms with Gasteiger partial charge in [0.15, 0.2) is 0 Å². The van der Waals surface area contributed by atoms with E-state index in [9.17, 15) is 0 Å². The molecule has 0 saturated carbocycles. The van der Waals surface area contributed by atoms with E-state index in [0.29, 0.717) is 12.1 Å². The summed E-state index contributed by atoms with van der Waals surface area (Å²) in [5.74, 6) is 0.976. The molecule has 1 heterocycles. The van der Waals surface area contributed by atoms with Gasteiger partial charge in [-0.3, -0.25) is 0 Å². The molecule has 2 rings (SSSR count). The number of aryl methyl sites for hydroxylation is 1. The van der Waals surface area contributed by atoms with Gasteiger partial charge >= 0.3 is 0 Å². The first-order valence-corrected chi connectivity index (χ1v) is 6.80. The van der Waals surface area contributed by atoms with Crippen molar-refractivity contribution in [2.75, 3.05) is 25.1 Å². The average Bonchev–Trinajstić information content (AvgIpc) is 2.39. The second-order valence-electron chi connectivity index (χ2n) is 5.19. The summed E-state index contributed by atoms with van der Waals surface area (Å²) < 4.78 is 5.51. The molecule has 1 aromatic carbocycles. The number of ether oxygens (including phenoxy) is 1. The highest BCUT2D eigenvalue weighted by Gasteiger charge is 2.26. The molecule has 0 radical (unpaired) electrons. The van der Waals surface area contributed by atoms with Gasteiger partial charge < -0.3 is 15.0 Å². The quantitative estimate of drug-likeness (QED) is 0.890. The minimum Gasteiger partial charge on any atom is -0.495 e. The third-order valence-corrected chi connectivity index (χ3v) is 3.79. The van der Waals surface area contributed by atoms with Crippen molar-refractivity contribution in [3.05, 3.63) is 23.8 Å². The molecule has 1 aromatic rings. The van der Waals surface area contributed by atoms with Crippen molar-refractivity contribution in [3.63, 3.8) is 0 Å². The molecule has 1 N–H and O–H groups in total. The molecule has 3 nitrogen and oxygen atoms in total. The van der Waals surface area contributed by atoms with Crippen LogP contribution in [0.2, 0.25) is 0 Å². The molecule has 3 heteroatoms. The number of nitrogens with zero attached hydrogens (tertiary/aromatic N) is 1. The van der Waals surface area contributed by atoms with Crippen LogP contribution < -0.4 is 15.0 Å². The molecule has 2 atom stereocenters. The molecular weight excluding hydrogens is 224 g/mol. The molecule has 1 saturated heterocycles. The molecule has 0 aromatic heterocycles. The van der Waals surface area contributed by atoms with Crippen molar-refractivity contribution in [1.82, 2.24) is 5.32 Å². The molecule has 1 fully saturated rings. The van der Waals surface area contributed by atoms with E-state index in [-0.39, 0.29) is 0 Å². The lowest BCUT2D eigenvalue weighted by atomic mass is 10.1. The number of nitrogens with one attached hydrogen (secondary N) is 1. The number of rotatable bonds is 3. The predicted octanol–water partition coefficient (Wildman–Crippen LogP) is 2.58. The van der Waals surface area contributed by atoms with E-state index in [2.05, 4.69) is 49.2 Å². The van der Waals surface area contributed by atoms with Crippen LogP contribution in [-0.4, -0.2) is 32.3 Å². The van der Waals surface area contributed by atoms with Gasteiger partial charge in [0.05, 0.1) is 12.8 Å². The standard InChI is InChI=1S/C15H24N2O/c1-5-13-10-17(12(3)9-16-13)14-8-11(2)6-7-15(14)18-4/h6-8,12-13,16H,5,9-10H2,1-4H3. The van der Waals surface area contributed by atoms with Crippen LogP contribution in [0.1, 0.15) is 25.8 Å². The maximum atomic E-state index is 5.51. The Morgan fingerprint density at radius 3 is 2.89 bits per heavy atom. The number of anilines is 1. The van der Waals surface area contributed by atoms with Crippen molar-refractivity contribution in [2.24, 2.45) is 0 Å². The Hall–Kier alpha value is -1.22. The lowest BCUT2D eigenvalue weighted by Crippen LogP contribution is -2.55. The highest BCUT2D eigenvalue weighted by molar-refractivity contribution is 5.61. The van der Waals surface area contributed by atoms with Crippen molar-refractivity contribution < 1.29 is 4.74 Å². The fourth-order valence-corrected chi connectivity index (χ4v) is 2.56. The summed E-state index contributed by atoms with van der Waals surface area (Å²) in [5, 5.41) is 3.59. The molecular formula is C15H24N2O. The number of hydrogen-bond acceptors (Lipinski definition) is 3. The van der Waals surface area contributed by atoms with Gasteiger partial charge in [-0.15, -0.1) is 0 Å². The minimum absolute atomic E-state index is 0.503. The monoisotopic (exact) mass is 248 g/mol. The molecule has 0 aliphatic carbocycles. The highest BCUT2D eigenvalue weighted by atomic mass is 16.5. The van der Waals surface area contributed by atoms with E-state index >= 15 is 0 Å². The largest absolute Gasteiger partial charge is 0.495 e. The highest BCUT2D eigenvalue weighted by Crippen LogP contribution is 2.31. The molecule has 18 heavy (non-hydrogen) atoms. The molecule has 2 unspecified atom stereocenters. The first kappa shape index (κ1) is 13.2. The Morgan fingerprint density at radius 2 is 2.22 bits per heavy atom. The van der Waals surface area contributed by atoms with Gasteiger partial charge in [0.2, 0.25) is 0 Å². The Labute approximate surface area is 110 Å². The van der Waals surface area contributed by atoms with Crippen molar-refractivity contribution in [3.8, 4) is 5.75 Å². The first-order chi connectivity index (χ1) is 8.65. The summed E-state index contributed by atoms with van der Waals surface area (Å²) in [4.78, 5) is 2.47. The van der Waals surface area contributed by atoms with Gasteiger partial charge in [0.1, 0.15) is 5.75 Å². The van der Waals surface area contributed by atoms with E-state index in [1.165, 1.54) is 11.3 Å². The Bertz CT molecular complexity index is 405. The van der Waals surface area contributed by atoms with Crippen LogP contribution in [0.3, 0.4) is 0 Å². The maximum Gasteiger partial charge on any atom is 0.142 e. The summed E-state index contributed by atoms with van der Waals surface area (Å²) >= 11 is 0. The number of benzene rings is 1. The summed E-state index contributed by atoms with van der Waals surface area (Å²) in [6, 6.07) is 7.48. The van der Waals surface area contributed by atoms with Crippen LogP contribution in [0.15, 0.2) is 18.2 Å². The van der Waals surface area contributed by atoms with E-state index in [0.717, 1.165) is 25.3 Å². The summed E-state index contributed by atoms with van der Waals surface area (Å²) in [6.07, 6.45) is 1.16. The Balaban J connectivity index is 2.30. The van der Waals surface area contributed by atoms with E-state index in [1.807, 2.05) is 0 Å². The van der Waals surface area contributed by atoms with Gasteiger partial charge in [0, 0.05) is 25.2 Å². The Morgan fingerprint density at radius 1 is 1.44 bits per heavy atom. The molecule has 1 aliphatic rings. The topological polar surface area (TPSA) is 24.5 Å². The second kappa shape index (κ2) is 5.61. The SMILES string of the molecule is CCC1CN(c2cc(C)ccc2OC)C(C)CN1. The summed E-state index contributed by atoms with van der Waals surface area (Å²) in [6.45, 7) is 8.72. The second-order valence-corrected chi connectivity index (χ2v) is 5.19. The number of piperazine rings is 1. The number of hydrogen-bond donors (Lipinski definition) is 1. The van der Waals surface area contributed by atoms with Gasteiger partial charge in [-0.05, 0) is 38.0 Å². The zero-order valence-electron chi connectivity index (χ0n) is 11.9. The molecule has 0 spiro atoms. The molecule has 1 aliphatic heterocycles. The lowest BCUT2D eigenvalue weighted by molar-refractivity contribution is 0.383. The summed E-state index contributed by atoms with van der Waals surface area (Å²) in [5.41, 5.74) is 2.51. The average molecular weight is 248 g/mol. The zero-order chi connectivity index (χ0) is 13.1. The van der Waals surface area contributed by atoms with Gasteiger partial charge in [-0.2, -0.15) is 0 Å². The fraction of sp³-hybridized carbons (Fsp3) is 0.600. The normalized spacial score (nSPS) is 24.1. The van der Waals surface area contributed by atoms with Crippen LogP contribution in [0, 0.1) is 6.92 Å². The van der Waals surface area contributed by atoms with Gasteiger partial charge in [0.25, 0.3) is 0 Å². The van der Waals surface area contributed by atoms with E-state index in [4.69, 9.17) is 4.74 Å². The van der Waals surface area contributed by atoms with Crippen molar-refractivity contribution >= 4 is 5.69 Å². The third kappa shape index (κ3) is 2.61. The summed E-state index contributed by atoms with van der Waals surface area (Å²) in [7, 11) is 1.75. The van der Waals surface area contributed by atoms with Crippen LogP contribution in [-0.2, 0) is 0 Å². The fourth-order valence-electron chi connectivity index (χ4n) is 2.56. The molecule has 100 valence electrons. The van der Waals surface area contributed by atoms with Crippen molar-refractivity contribution in [2.45, 2.75) is 39.3 Å². The minimum atomic E-state index is 0.503. The van der Waals surface area contributed by atoms with E-state index in [1.54, 1.807) is 7.11 Å². The molecule has 0 bridgehead atoms. The number of methoxy groups -OCH3 is 1. The predicted molar refractivity (Wildman–Crippen MR) is 76.6 cm³/mol. The maximum absolute atomic E-state index is 5.51. The van der Waals surface area contributed by atoms with Gasteiger partial charge in [-0.25, -0.2) is 0 Å². The van der Waals surface area contributed by atoms with E-state index < -0.39 is 0 Å².